The van der Waals surface area contributed by atoms with Crippen LogP contribution < -0.4 is 80.3 Å². The first-order valence-corrected chi connectivity index (χ1v) is 32.6. The van der Waals surface area contributed by atoms with Crippen molar-refractivity contribution in [1.29, 1.82) is 0 Å². The third-order valence-corrected chi connectivity index (χ3v) is 9.98. The standard InChI is InChI=1S/C9H11NO2.2C6H13NO2.C5H11NO2.C5H11NO.C5H13NO.C4H9NO2.C4H11NO2.C4H9NO2.C4H11NO.3C3H7NO2.C2H5NO2/c1-12-9(11)8(10)7-5-3-2-4-6-7;1-6(2)8-4-5(3-7)9-6;1-3-9-6(8)4-5(2)7;6-4-2-1-3-5(7)8;6-4-5-2-1-3-7-5;1-2-7-5-3-4-6;1-3(5)4(6)7-2;5-1-3-7-4-2-6;5-3-1-2-4(6)7;1-4(5)3-6-2;1-6-3(5)2-4;1-2(4)3(5)6;4-2-1-3(5)6;3-1-2(4)5/h2-6,8H,10H2,1H3;2*5H,3-4,7H2,1-2H3;1-4,6H2,(H,7,8);5H,1-4,6H2;2-6H2,1H3;3H,5H2,1-2H3;6H,1-5H2;1-3,5H2,(H,6,7);4H,3,5H2,1-2H3;2,4H2,1H3;2H,4H2,1H3,(H,5,6);1-2,4H2,(H,5,6);1,3H2,(H,4,5). The zero-order valence-corrected chi connectivity index (χ0v) is 62.8. The van der Waals surface area contributed by atoms with Gasteiger partial charge in [-0.05, 0) is 119 Å². The smallest absolute Gasteiger partial charge is 0.327 e. The molecular formula is C63H138N14O25. The SMILES string of the molecule is CC(N)C(=O)O.CC1(C)OCC(CN)O1.CCOC(=O)CC(C)N.CCOCCCN.COC(=O)C(C)N.COC(=O)C(N)c1ccccc1.COC(=O)CN.COCC(C)N.NCC(=O)O.NCC1CCCO1.NCCC(=O)O.NCCCC(=O)O.NCCCCC(=O)O.NCCOCCO. The molecule has 102 heavy (non-hydrogen) atoms. The summed E-state index contributed by atoms with van der Waals surface area (Å²) in [5.41, 5.74) is 72.1. The Balaban J connectivity index is -0.0000000977. The third kappa shape index (κ3) is 127. The molecule has 2 fully saturated rings. The van der Waals surface area contributed by atoms with Crippen LogP contribution in [0.25, 0.3) is 0 Å². The Labute approximate surface area is 603 Å². The van der Waals surface area contributed by atoms with E-state index in [0.717, 1.165) is 51.2 Å². The van der Waals surface area contributed by atoms with Crippen LogP contribution in [0.15, 0.2) is 30.3 Å². The molecule has 2 aliphatic rings. The maximum Gasteiger partial charge on any atom is 0.327 e. The van der Waals surface area contributed by atoms with Crippen molar-refractivity contribution in [2.24, 2.45) is 80.3 Å². The van der Waals surface area contributed by atoms with Gasteiger partial charge < -0.3 is 158 Å². The van der Waals surface area contributed by atoms with E-state index in [4.69, 9.17) is 129 Å². The summed E-state index contributed by atoms with van der Waals surface area (Å²) < 4.78 is 47.7. The lowest BCUT2D eigenvalue weighted by molar-refractivity contribution is -0.144. The van der Waals surface area contributed by atoms with Crippen molar-refractivity contribution in [3.8, 4) is 0 Å². The summed E-state index contributed by atoms with van der Waals surface area (Å²) in [4.78, 5) is 89.4. The predicted octanol–water partition coefficient (Wildman–Crippen LogP) is -2.83. The highest BCUT2D eigenvalue weighted by molar-refractivity contribution is 5.77. The fourth-order valence-corrected chi connectivity index (χ4v) is 5.02. The molecule has 3 rings (SSSR count). The van der Waals surface area contributed by atoms with Crippen molar-refractivity contribution < 1.29 is 121 Å². The van der Waals surface area contributed by atoms with Crippen LogP contribution in [0.4, 0.5) is 0 Å². The number of carbonyl (C=O) groups excluding carboxylic acids is 4. The van der Waals surface area contributed by atoms with E-state index in [1.165, 1.54) is 34.7 Å². The zero-order valence-electron chi connectivity index (χ0n) is 62.8. The molecule has 0 aromatic heterocycles. The Morgan fingerprint density at radius 2 is 1.04 bits per heavy atom. The lowest BCUT2D eigenvalue weighted by Crippen LogP contribution is -2.27. The molecule has 0 amide bonds. The van der Waals surface area contributed by atoms with Gasteiger partial charge in [0, 0.05) is 78.0 Å². The van der Waals surface area contributed by atoms with E-state index in [-0.39, 0.29) is 81.6 Å². The predicted molar refractivity (Wildman–Crippen MR) is 387 cm³/mol. The maximum absolute atomic E-state index is 11.0. The monoisotopic (exact) mass is 1490 g/mol. The first-order valence-electron chi connectivity index (χ1n) is 32.6. The van der Waals surface area contributed by atoms with Gasteiger partial charge in [0.05, 0.1) is 99.1 Å². The summed E-state index contributed by atoms with van der Waals surface area (Å²) in [5, 5.41) is 47.5. The van der Waals surface area contributed by atoms with E-state index in [9.17, 15) is 43.2 Å². The Morgan fingerprint density at radius 1 is 0.549 bits per heavy atom. The van der Waals surface area contributed by atoms with Gasteiger partial charge in [-0.3, -0.25) is 43.2 Å². The van der Waals surface area contributed by atoms with Crippen LogP contribution in [0.3, 0.4) is 0 Å². The normalized spacial score (nSPS) is 14.1. The first kappa shape index (κ1) is 120. The summed E-state index contributed by atoms with van der Waals surface area (Å²) in [6.07, 6.45) is 6.72. The number of unbranched alkanes of at least 4 members (excludes halogenated alkanes) is 1. The topological polar surface area (TPSA) is 732 Å². The van der Waals surface area contributed by atoms with Crippen LogP contribution >= 0.6 is 0 Å². The van der Waals surface area contributed by atoms with Gasteiger partial charge >= 0.3 is 53.7 Å². The molecule has 0 bridgehead atoms. The Bertz CT molecular complexity index is 1980. The third-order valence-electron chi connectivity index (χ3n) is 9.98. The van der Waals surface area contributed by atoms with Crippen LogP contribution in [0.2, 0.25) is 0 Å². The Kier molecular flexibility index (Phi) is 111. The molecule has 7 unspecified atom stereocenters. The number of carbonyl (C=O) groups is 9. The molecule has 39 nitrogen and oxygen atoms in total. The molecule has 2 aliphatic heterocycles. The number of benzene rings is 1. The summed E-state index contributed by atoms with van der Waals surface area (Å²) in [6, 6.07) is 7.30. The second-order valence-electron chi connectivity index (χ2n) is 20.5. The maximum atomic E-state index is 11.0. The molecular weight excluding hydrogens is 1350 g/mol. The minimum atomic E-state index is -0.968. The fraction of sp³-hybridized carbons (Fsp3) is 0.762. The number of esters is 4. The van der Waals surface area contributed by atoms with Crippen LogP contribution in [-0.4, -0.2) is 273 Å². The van der Waals surface area contributed by atoms with Gasteiger partial charge in [-0.25, -0.2) is 0 Å². The molecule has 1 aromatic carbocycles. The molecule has 1 aromatic rings. The largest absolute Gasteiger partial charge is 0.481 e. The minimum absolute atomic E-state index is 0.0312. The molecule has 2 saturated heterocycles. The number of hydrogen-bond acceptors (Lipinski definition) is 34. The summed E-state index contributed by atoms with van der Waals surface area (Å²) in [5.74, 6) is -6.07. The Hall–Kier alpha value is -6.39. The van der Waals surface area contributed by atoms with E-state index < -0.39 is 59.7 Å². The van der Waals surface area contributed by atoms with Crippen LogP contribution in [0, 0.1) is 0 Å². The number of nitrogens with two attached hydrogens (primary N) is 14. The van der Waals surface area contributed by atoms with E-state index >= 15 is 0 Å². The number of aliphatic carboxylic acids is 5. The van der Waals surface area contributed by atoms with Crippen molar-refractivity contribution in [3.05, 3.63) is 35.9 Å². The van der Waals surface area contributed by atoms with Gasteiger partial charge in [-0.1, -0.05) is 30.3 Å². The molecule has 0 saturated carbocycles. The average molecular weight is 1490 g/mol. The van der Waals surface area contributed by atoms with Crippen LogP contribution in [0.5, 0.6) is 0 Å². The van der Waals surface area contributed by atoms with Crippen LogP contribution in [0.1, 0.15) is 131 Å². The van der Waals surface area contributed by atoms with Gasteiger partial charge in [0.1, 0.15) is 18.1 Å². The zero-order chi connectivity index (χ0) is 81.7. The van der Waals surface area contributed by atoms with Gasteiger partial charge in [0.25, 0.3) is 0 Å². The number of aliphatic hydroxyl groups excluding tert-OH is 1. The van der Waals surface area contributed by atoms with E-state index in [0.29, 0.717) is 91.1 Å². The molecule has 610 valence electrons. The van der Waals surface area contributed by atoms with E-state index in [1.807, 2.05) is 45.9 Å². The van der Waals surface area contributed by atoms with Gasteiger partial charge in [0.2, 0.25) is 0 Å². The summed E-state index contributed by atoms with van der Waals surface area (Å²) >= 11 is 0. The van der Waals surface area contributed by atoms with Crippen molar-refractivity contribution in [2.45, 2.75) is 168 Å². The second kappa shape index (κ2) is 94.6. The summed E-state index contributed by atoms with van der Waals surface area (Å²) in [7, 11) is 5.58. The first-order chi connectivity index (χ1) is 47.8. The highest BCUT2D eigenvalue weighted by Gasteiger charge is 2.31. The van der Waals surface area contributed by atoms with E-state index in [1.54, 1.807) is 40.0 Å². The Morgan fingerprint density at radius 3 is 1.26 bits per heavy atom. The number of ether oxygens (including phenoxy) is 10. The van der Waals surface area contributed by atoms with Crippen molar-refractivity contribution in [2.75, 3.05) is 147 Å². The molecule has 2 heterocycles. The summed E-state index contributed by atoms with van der Waals surface area (Å²) in [6.45, 7) is 23.0. The number of carboxylic acid groups (broad SMARTS) is 5. The lowest BCUT2D eigenvalue weighted by atomic mass is 10.1. The molecule has 0 radical (unpaired) electrons. The highest BCUT2D eigenvalue weighted by atomic mass is 16.7. The quantitative estimate of drug-likeness (QED) is 0.0210. The lowest BCUT2D eigenvalue weighted by Gasteiger charge is -2.15. The van der Waals surface area contributed by atoms with Gasteiger partial charge in [-0.15, -0.1) is 0 Å². The van der Waals surface area contributed by atoms with Crippen molar-refractivity contribution in [3.63, 3.8) is 0 Å². The second-order valence-corrected chi connectivity index (χ2v) is 20.5. The minimum Gasteiger partial charge on any atom is -0.481 e. The highest BCUT2D eigenvalue weighted by Crippen LogP contribution is 2.21. The molecule has 7 atom stereocenters. The number of rotatable bonds is 30. The number of aliphatic hydroxyl groups is 1. The van der Waals surface area contributed by atoms with Crippen molar-refractivity contribution in [1.82, 2.24) is 0 Å². The van der Waals surface area contributed by atoms with Crippen molar-refractivity contribution >= 4 is 53.7 Å². The molecule has 0 spiro atoms. The van der Waals surface area contributed by atoms with Gasteiger partial charge in [0.15, 0.2) is 5.79 Å². The molecule has 34 N–H and O–H groups in total. The number of hydrogen-bond donors (Lipinski definition) is 20. The van der Waals surface area contributed by atoms with E-state index in [2.05, 4.69) is 29.4 Å². The number of methoxy groups -OCH3 is 4. The fourth-order valence-electron chi connectivity index (χ4n) is 5.02. The van der Waals surface area contributed by atoms with Gasteiger partial charge in [-0.2, -0.15) is 0 Å². The molecule has 39 heteroatoms. The molecule has 0 aliphatic carbocycles. The van der Waals surface area contributed by atoms with Crippen LogP contribution in [-0.2, 0) is 90.5 Å². The average Bonchev–Trinajstić information content (AvgIpc) is 1.67. The number of carboxylic acids is 5.